The summed E-state index contributed by atoms with van der Waals surface area (Å²) in [5, 5.41) is 12.0. The van der Waals surface area contributed by atoms with Crippen molar-refractivity contribution in [1.29, 1.82) is 5.26 Å². The number of amides is 2. The van der Waals surface area contributed by atoms with Crippen molar-refractivity contribution in [3.8, 4) is 6.07 Å². The Morgan fingerprint density at radius 3 is 2.86 bits per heavy atom. The lowest BCUT2D eigenvalue weighted by molar-refractivity contribution is -0.120. The van der Waals surface area contributed by atoms with E-state index in [-0.39, 0.29) is 0 Å². The quantitative estimate of drug-likeness (QED) is 0.787. The Labute approximate surface area is 127 Å². The van der Waals surface area contributed by atoms with E-state index in [4.69, 9.17) is 11.0 Å². The number of benzene rings is 1. The maximum atomic E-state index is 12.2. The number of aromatic nitrogens is 1. The highest BCUT2D eigenvalue weighted by Gasteiger charge is 2.18. The van der Waals surface area contributed by atoms with Crippen molar-refractivity contribution in [3.63, 3.8) is 0 Å². The van der Waals surface area contributed by atoms with Gasteiger partial charge < -0.3 is 11.1 Å². The van der Waals surface area contributed by atoms with Crippen molar-refractivity contribution in [2.75, 3.05) is 0 Å². The van der Waals surface area contributed by atoms with Crippen LogP contribution in [-0.4, -0.2) is 22.8 Å². The Balaban J connectivity index is 2.11. The third-order valence-corrected chi connectivity index (χ3v) is 3.28. The van der Waals surface area contributed by atoms with Gasteiger partial charge in [0.15, 0.2) is 0 Å². The van der Waals surface area contributed by atoms with Crippen LogP contribution in [0.5, 0.6) is 0 Å². The summed E-state index contributed by atoms with van der Waals surface area (Å²) in [5.41, 5.74) is 6.44. The van der Waals surface area contributed by atoms with Crippen LogP contribution in [0.3, 0.4) is 0 Å². The smallest absolute Gasteiger partial charge is 0.253 e. The Morgan fingerprint density at radius 1 is 1.36 bits per heavy atom. The van der Waals surface area contributed by atoms with Gasteiger partial charge >= 0.3 is 0 Å². The van der Waals surface area contributed by atoms with Gasteiger partial charge in [-0.2, -0.15) is 5.26 Å². The minimum absolute atomic E-state index is 0.317. The first kappa shape index (κ1) is 15.4. The molecule has 0 radical (unpaired) electrons. The topological polar surface area (TPSA) is 109 Å². The first-order valence-electron chi connectivity index (χ1n) is 6.93. The molecule has 0 aliphatic carbocycles. The fourth-order valence-electron chi connectivity index (χ4n) is 2.11. The number of unbranched alkanes of at least 4 members (excludes halogenated alkanes) is 1. The van der Waals surface area contributed by atoms with Gasteiger partial charge in [-0.15, -0.1) is 0 Å². The largest absolute Gasteiger partial charge is 0.368 e. The van der Waals surface area contributed by atoms with Crippen LogP contribution in [0.4, 0.5) is 0 Å². The van der Waals surface area contributed by atoms with Crippen molar-refractivity contribution in [3.05, 3.63) is 42.1 Å². The van der Waals surface area contributed by atoms with E-state index in [0.29, 0.717) is 24.8 Å². The van der Waals surface area contributed by atoms with Gasteiger partial charge in [-0.3, -0.25) is 14.6 Å². The van der Waals surface area contributed by atoms with Gasteiger partial charge in [0.05, 0.1) is 17.1 Å². The third-order valence-electron chi connectivity index (χ3n) is 3.28. The molecule has 22 heavy (non-hydrogen) atoms. The average Bonchev–Trinajstić information content (AvgIpc) is 2.53. The van der Waals surface area contributed by atoms with E-state index < -0.39 is 17.9 Å². The standard InChI is InChI=1S/C16H16N4O2/c17-8-4-3-7-14(15(18)21)20-16(22)12-9-11-5-1-2-6-13(11)19-10-12/h1-2,5-6,9-10,14H,3-4,7H2,(H2,18,21)(H,20,22)/t14-/m1/s1. The Bertz CT molecular complexity index is 736. The first-order chi connectivity index (χ1) is 10.6. The summed E-state index contributed by atoms with van der Waals surface area (Å²) in [6, 6.07) is 10.4. The number of carbonyl (C=O) groups excluding carboxylic acids is 2. The molecule has 0 unspecified atom stereocenters. The molecule has 0 fully saturated rings. The van der Waals surface area contributed by atoms with Crippen molar-refractivity contribution in [2.45, 2.75) is 25.3 Å². The average molecular weight is 296 g/mol. The number of rotatable bonds is 6. The lowest BCUT2D eigenvalue weighted by Crippen LogP contribution is -2.44. The molecule has 0 spiro atoms. The highest BCUT2D eigenvalue weighted by Crippen LogP contribution is 2.13. The van der Waals surface area contributed by atoms with E-state index in [2.05, 4.69) is 10.3 Å². The molecule has 6 heteroatoms. The van der Waals surface area contributed by atoms with Crippen LogP contribution in [0.2, 0.25) is 0 Å². The summed E-state index contributed by atoms with van der Waals surface area (Å²) in [6.07, 6.45) is 2.62. The van der Waals surface area contributed by atoms with Crippen LogP contribution in [0.25, 0.3) is 10.9 Å². The fourth-order valence-corrected chi connectivity index (χ4v) is 2.11. The summed E-state index contributed by atoms with van der Waals surface area (Å²) >= 11 is 0. The monoisotopic (exact) mass is 296 g/mol. The second-order valence-electron chi connectivity index (χ2n) is 4.90. The molecule has 2 amide bonds. The van der Waals surface area contributed by atoms with Crippen LogP contribution >= 0.6 is 0 Å². The van der Waals surface area contributed by atoms with Crippen molar-refractivity contribution < 1.29 is 9.59 Å². The molecule has 1 heterocycles. The number of para-hydroxylation sites is 1. The number of nitrogens with one attached hydrogen (secondary N) is 1. The maximum absolute atomic E-state index is 12.2. The van der Waals surface area contributed by atoms with E-state index in [1.165, 1.54) is 6.20 Å². The zero-order chi connectivity index (χ0) is 15.9. The van der Waals surface area contributed by atoms with Crippen LogP contribution in [0.15, 0.2) is 36.5 Å². The number of nitrogens with two attached hydrogens (primary N) is 1. The van der Waals surface area contributed by atoms with Crippen LogP contribution < -0.4 is 11.1 Å². The van der Waals surface area contributed by atoms with Gasteiger partial charge in [0.25, 0.3) is 5.91 Å². The number of fused-ring (bicyclic) bond motifs is 1. The summed E-state index contributed by atoms with van der Waals surface area (Å²) in [4.78, 5) is 27.8. The van der Waals surface area contributed by atoms with Gasteiger partial charge in [-0.05, 0) is 25.0 Å². The predicted octanol–water partition coefficient (Wildman–Crippen LogP) is 1.51. The zero-order valence-corrected chi connectivity index (χ0v) is 12.0. The molecule has 0 aliphatic heterocycles. The second-order valence-corrected chi connectivity index (χ2v) is 4.90. The van der Waals surface area contributed by atoms with Crippen molar-refractivity contribution in [2.24, 2.45) is 5.73 Å². The number of pyridine rings is 1. The lowest BCUT2D eigenvalue weighted by Gasteiger charge is -2.14. The van der Waals surface area contributed by atoms with E-state index in [9.17, 15) is 9.59 Å². The van der Waals surface area contributed by atoms with Gasteiger partial charge in [0.2, 0.25) is 5.91 Å². The van der Waals surface area contributed by atoms with Crippen LogP contribution in [0.1, 0.15) is 29.6 Å². The Morgan fingerprint density at radius 2 is 2.14 bits per heavy atom. The molecule has 112 valence electrons. The number of primary amides is 1. The number of hydrogen-bond donors (Lipinski definition) is 2. The molecular formula is C16H16N4O2. The van der Waals surface area contributed by atoms with E-state index >= 15 is 0 Å². The summed E-state index contributed by atoms with van der Waals surface area (Å²) in [6.45, 7) is 0. The van der Waals surface area contributed by atoms with Crippen molar-refractivity contribution in [1.82, 2.24) is 10.3 Å². The predicted molar refractivity (Wildman–Crippen MR) is 81.7 cm³/mol. The molecule has 2 aromatic rings. The Kier molecular flexibility index (Phi) is 5.04. The summed E-state index contributed by atoms with van der Waals surface area (Å²) in [5.74, 6) is -1.01. The van der Waals surface area contributed by atoms with E-state index in [0.717, 1.165) is 10.9 Å². The number of carbonyl (C=O) groups is 2. The molecular weight excluding hydrogens is 280 g/mol. The molecule has 1 aromatic heterocycles. The van der Waals surface area contributed by atoms with Gasteiger partial charge in [-0.25, -0.2) is 0 Å². The second kappa shape index (κ2) is 7.18. The zero-order valence-electron chi connectivity index (χ0n) is 12.0. The number of nitrogens with zero attached hydrogens (tertiary/aromatic N) is 2. The molecule has 0 bridgehead atoms. The summed E-state index contributed by atoms with van der Waals surface area (Å²) in [7, 11) is 0. The minimum atomic E-state index is -0.785. The first-order valence-corrected chi connectivity index (χ1v) is 6.93. The van der Waals surface area contributed by atoms with Crippen LogP contribution in [0, 0.1) is 11.3 Å². The molecule has 0 saturated carbocycles. The fraction of sp³-hybridized carbons (Fsp3) is 0.250. The van der Waals surface area contributed by atoms with Crippen molar-refractivity contribution >= 4 is 22.7 Å². The molecule has 6 nitrogen and oxygen atoms in total. The summed E-state index contributed by atoms with van der Waals surface area (Å²) < 4.78 is 0. The van der Waals surface area contributed by atoms with E-state index in [1.54, 1.807) is 6.07 Å². The maximum Gasteiger partial charge on any atom is 0.253 e. The van der Waals surface area contributed by atoms with Crippen LogP contribution in [-0.2, 0) is 4.79 Å². The molecule has 3 N–H and O–H groups in total. The highest BCUT2D eigenvalue weighted by atomic mass is 16.2. The minimum Gasteiger partial charge on any atom is -0.368 e. The van der Waals surface area contributed by atoms with Gasteiger partial charge in [-0.1, -0.05) is 18.2 Å². The van der Waals surface area contributed by atoms with E-state index in [1.807, 2.05) is 30.3 Å². The SMILES string of the molecule is N#CCCC[C@@H](NC(=O)c1cnc2ccccc2c1)C(N)=O. The molecule has 2 rings (SSSR count). The van der Waals surface area contributed by atoms with Gasteiger partial charge in [0, 0.05) is 18.0 Å². The molecule has 1 atom stereocenters. The molecule has 1 aromatic carbocycles. The highest BCUT2D eigenvalue weighted by molar-refractivity contribution is 5.99. The Hall–Kier alpha value is -2.94. The number of hydrogen-bond acceptors (Lipinski definition) is 4. The number of nitriles is 1. The van der Waals surface area contributed by atoms with Gasteiger partial charge in [0.1, 0.15) is 6.04 Å². The molecule has 0 aliphatic rings. The lowest BCUT2D eigenvalue weighted by atomic mass is 10.1. The normalized spacial score (nSPS) is 11.6. The molecule has 0 saturated heterocycles. The third kappa shape index (κ3) is 3.79.